The van der Waals surface area contributed by atoms with Gasteiger partial charge in [-0.3, -0.25) is 4.79 Å². The standard InChI is InChI=1S/C56H58O11/c1-34(31-58)44-18-14-36-15-19-45-40(26-36)12-6-7-23-56(2)53(66-54(44)61)52(50-48(67-56)21-17-41-29-47(55(62)65-51(41)50)42(22-24-57)32-63-33-59)64-49(60)30-43-28-39(16-20-46(43)45)38-13-8-11-37(27-38)25-35-9-4-3-5-10-35/h3-5,8-11,13,15,17,19,21,26-27,29,39,42-43,46,52-53,57-59H,12,14,16,18,20,22-25,28,30-33H2,1-2H3/b44-34-/t39-,42+,43+,46-,52+,53-,56+/m0/s1. The molecule has 4 aromatic carbocycles. The number of benzene rings is 4. The first-order valence-electron chi connectivity index (χ1n) is 23.5. The minimum atomic E-state index is -1.36. The van der Waals surface area contributed by atoms with Gasteiger partial charge < -0.3 is 38.7 Å². The van der Waals surface area contributed by atoms with Crippen molar-refractivity contribution in [1.29, 1.82) is 0 Å². The molecule has 0 amide bonds. The quantitative estimate of drug-likeness (QED) is 0.0406. The summed E-state index contributed by atoms with van der Waals surface area (Å²) in [4.78, 5) is 43.6. The average molecular weight is 907 g/mol. The van der Waals surface area contributed by atoms with Crippen LogP contribution >= 0.6 is 0 Å². The third-order valence-electron chi connectivity index (χ3n) is 14.4. The van der Waals surface area contributed by atoms with E-state index in [1.54, 1.807) is 32.0 Å². The number of aryl methyl sites for hydroxylation is 1. The van der Waals surface area contributed by atoms with Gasteiger partial charge in [0, 0.05) is 41.9 Å². The molecule has 7 atom stereocenters. The molecular formula is C56H58O11. The van der Waals surface area contributed by atoms with Crippen LogP contribution in [0.25, 0.3) is 11.0 Å². The molecule has 0 unspecified atom stereocenters. The van der Waals surface area contributed by atoms with Gasteiger partial charge in [0.15, 0.2) is 17.8 Å². The molecule has 4 aliphatic rings. The van der Waals surface area contributed by atoms with Crippen molar-refractivity contribution in [2.24, 2.45) is 5.92 Å². The molecule has 9 rings (SSSR count). The van der Waals surface area contributed by atoms with E-state index in [1.807, 2.05) is 6.07 Å². The number of aliphatic hydroxyl groups is 3. The summed E-state index contributed by atoms with van der Waals surface area (Å²) in [5.74, 6) is 5.43. The predicted molar refractivity (Wildman–Crippen MR) is 251 cm³/mol. The Hall–Kier alpha value is -6.03. The van der Waals surface area contributed by atoms with Crippen molar-refractivity contribution in [2.45, 2.75) is 114 Å². The molecule has 5 aromatic rings. The monoisotopic (exact) mass is 906 g/mol. The lowest BCUT2D eigenvalue weighted by molar-refractivity contribution is -0.190. The summed E-state index contributed by atoms with van der Waals surface area (Å²) in [5, 5.41) is 30.1. The maximum absolute atomic E-state index is 15.0. The van der Waals surface area contributed by atoms with Crippen molar-refractivity contribution in [2.75, 3.05) is 26.6 Å². The number of hydrogen-bond donors (Lipinski definition) is 3. The molecule has 5 bridgehead atoms. The third kappa shape index (κ3) is 9.72. The summed E-state index contributed by atoms with van der Waals surface area (Å²) >= 11 is 0. The minimum absolute atomic E-state index is 0.0320. The largest absolute Gasteiger partial charge is 0.482 e. The Morgan fingerprint density at radius 3 is 2.54 bits per heavy atom. The van der Waals surface area contributed by atoms with E-state index in [4.69, 9.17) is 23.4 Å². The second kappa shape index (κ2) is 20.1. The van der Waals surface area contributed by atoms with Crippen LogP contribution in [0.4, 0.5) is 0 Å². The summed E-state index contributed by atoms with van der Waals surface area (Å²) in [5.41, 5.74) is 6.29. The van der Waals surface area contributed by atoms with E-state index in [-0.39, 0.29) is 85.7 Å². The highest BCUT2D eigenvalue weighted by Crippen LogP contribution is 2.51. The molecule has 11 nitrogen and oxygen atoms in total. The fourth-order valence-corrected chi connectivity index (χ4v) is 10.9. The number of hydrogen-bond acceptors (Lipinski definition) is 11. The Kier molecular flexibility index (Phi) is 13.8. The summed E-state index contributed by atoms with van der Waals surface area (Å²) in [6.07, 6.45) is 2.39. The Bertz CT molecular complexity index is 2800. The highest BCUT2D eigenvalue weighted by Gasteiger charge is 2.53. The second-order valence-electron chi connectivity index (χ2n) is 18.9. The van der Waals surface area contributed by atoms with Crippen LogP contribution in [-0.2, 0) is 43.1 Å². The highest BCUT2D eigenvalue weighted by molar-refractivity contribution is 5.90. The van der Waals surface area contributed by atoms with Gasteiger partial charge in [-0.25, -0.2) is 9.59 Å². The number of ether oxygens (including phenoxy) is 4. The smallest absolute Gasteiger partial charge is 0.339 e. The first-order chi connectivity index (χ1) is 32.5. The molecule has 3 N–H and O–H groups in total. The van der Waals surface area contributed by atoms with Crippen molar-refractivity contribution < 1.29 is 48.3 Å². The van der Waals surface area contributed by atoms with Crippen LogP contribution in [0.15, 0.2) is 111 Å². The summed E-state index contributed by atoms with van der Waals surface area (Å²) in [7, 11) is 0. The molecule has 0 saturated heterocycles. The number of esters is 2. The SMILES string of the molecule is C/C(CO)=C1\CCc2ccc3c(c2)CC#CC[C@@]2(C)Oc4ccc5cc([C@H](CCO)COCO)c(=O)oc5c4[C@@H](OC(=O)C[C@H]4C[C@@H](c5cccc(Cc6ccccc6)c5)CC[C@H]34)[C@@H]2OC1=O. The predicted octanol–water partition coefficient (Wildman–Crippen LogP) is 8.43. The molecule has 0 spiro atoms. The molecule has 4 heterocycles. The maximum atomic E-state index is 15.0. The molecule has 67 heavy (non-hydrogen) atoms. The number of aliphatic hydroxyl groups excluding tert-OH is 3. The van der Waals surface area contributed by atoms with Crippen LogP contribution in [0.2, 0.25) is 0 Å². The zero-order chi connectivity index (χ0) is 46.7. The molecule has 3 aliphatic heterocycles. The van der Waals surface area contributed by atoms with Gasteiger partial charge in [-0.15, -0.1) is 0 Å². The topological polar surface area (TPSA) is 162 Å². The number of carbonyl (C=O) groups excluding carboxylic acids is 2. The van der Waals surface area contributed by atoms with Crippen LogP contribution in [0.1, 0.15) is 127 Å². The van der Waals surface area contributed by atoms with Gasteiger partial charge in [-0.1, -0.05) is 84.6 Å². The van der Waals surface area contributed by atoms with E-state index in [9.17, 15) is 24.9 Å². The lowest BCUT2D eigenvalue weighted by Crippen LogP contribution is -2.54. The van der Waals surface area contributed by atoms with E-state index in [0.29, 0.717) is 29.4 Å². The first kappa shape index (κ1) is 46.1. The molecule has 1 fully saturated rings. The fraction of sp³-hybridized carbons (Fsp3) is 0.411. The van der Waals surface area contributed by atoms with E-state index in [0.717, 1.165) is 42.4 Å². The van der Waals surface area contributed by atoms with Crippen molar-refractivity contribution >= 4 is 22.9 Å². The van der Waals surface area contributed by atoms with E-state index in [1.165, 1.54) is 16.7 Å². The van der Waals surface area contributed by atoms with E-state index >= 15 is 4.79 Å². The lowest BCUT2D eigenvalue weighted by atomic mass is 9.67. The van der Waals surface area contributed by atoms with Gasteiger partial charge in [0.05, 0.1) is 25.2 Å². The minimum Gasteiger partial charge on any atom is -0.482 e. The van der Waals surface area contributed by atoms with Gasteiger partial charge in [-0.05, 0) is 134 Å². The van der Waals surface area contributed by atoms with Crippen LogP contribution in [-0.4, -0.2) is 65.6 Å². The normalized spacial score (nSPS) is 24.9. The Morgan fingerprint density at radius 2 is 1.73 bits per heavy atom. The van der Waals surface area contributed by atoms with Crippen LogP contribution in [0, 0.1) is 17.8 Å². The molecule has 0 radical (unpaired) electrons. The zero-order valence-electron chi connectivity index (χ0n) is 38.1. The van der Waals surface area contributed by atoms with Crippen LogP contribution in [0.3, 0.4) is 0 Å². The zero-order valence-corrected chi connectivity index (χ0v) is 38.1. The Labute approximate surface area is 390 Å². The number of rotatable bonds is 10. The van der Waals surface area contributed by atoms with Crippen molar-refractivity contribution in [1.82, 2.24) is 0 Å². The van der Waals surface area contributed by atoms with E-state index in [2.05, 4.69) is 78.6 Å². The molecule has 11 heteroatoms. The molecule has 1 aromatic heterocycles. The van der Waals surface area contributed by atoms with Crippen molar-refractivity contribution in [3.8, 4) is 17.6 Å². The highest BCUT2D eigenvalue weighted by atomic mass is 16.6. The number of fused-ring (bicyclic) bond motifs is 9. The molecule has 1 saturated carbocycles. The Balaban J connectivity index is 1.18. The second-order valence-corrected chi connectivity index (χ2v) is 18.9. The van der Waals surface area contributed by atoms with Crippen LogP contribution in [0.5, 0.6) is 5.75 Å². The third-order valence-corrected chi connectivity index (χ3v) is 14.4. The molecule has 348 valence electrons. The van der Waals surface area contributed by atoms with E-state index < -0.39 is 48.1 Å². The molecular weight excluding hydrogens is 849 g/mol. The maximum Gasteiger partial charge on any atom is 0.339 e. The molecule has 1 aliphatic carbocycles. The van der Waals surface area contributed by atoms with Crippen molar-refractivity contribution in [3.05, 3.63) is 157 Å². The van der Waals surface area contributed by atoms with Gasteiger partial charge in [0.2, 0.25) is 0 Å². The summed E-state index contributed by atoms with van der Waals surface area (Å²) < 4.78 is 31.5. The fourth-order valence-electron chi connectivity index (χ4n) is 10.9. The van der Waals surface area contributed by atoms with Crippen molar-refractivity contribution in [3.63, 3.8) is 0 Å². The first-order valence-corrected chi connectivity index (χ1v) is 23.5. The summed E-state index contributed by atoms with van der Waals surface area (Å²) in [6, 6.07) is 30.9. The van der Waals surface area contributed by atoms with Gasteiger partial charge >= 0.3 is 17.6 Å². The van der Waals surface area contributed by atoms with Gasteiger partial charge in [0.25, 0.3) is 0 Å². The summed E-state index contributed by atoms with van der Waals surface area (Å²) in [6.45, 7) is 2.30. The van der Waals surface area contributed by atoms with Gasteiger partial charge in [-0.2, -0.15) is 0 Å². The van der Waals surface area contributed by atoms with Gasteiger partial charge in [0.1, 0.15) is 18.1 Å². The average Bonchev–Trinajstić information content (AvgIpc) is 3.32. The lowest BCUT2D eigenvalue weighted by Gasteiger charge is -2.45. The van der Waals surface area contributed by atoms with Crippen LogP contribution < -0.4 is 10.4 Å². The Morgan fingerprint density at radius 1 is 0.896 bits per heavy atom. The number of carbonyl (C=O) groups is 2.